The number of carbonyl (C=O) groups excluding carboxylic acids is 1. The van der Waals surface area contributed by atoms with Gasteiger partial charge in [-0.05, 0) is 33.1 Å². The summed E-state index contributed by atoms with van der Waals surface area (Å²) in [5.41, 5.74) is 0. The largest absolute Gasteiger partial charge is 0.446 e. The normalized spacial score (nSPS) is 21.3. The van der Waals surface area contributed by atoms with Crippen molar-refractivity contribution in [2.75, 3.05) is 6.54 Å². The Kier molecular flexibility index (Phi) is 4.93. The maximum Gasteiger partial charge on any atom is 0.422 e. The molecule has 8 heteroatoms. The maximum absolute atomic E-state index is 11.9. The number of carbonyl (C=O) groups is 1. The van der Waals surface area contributed by atoms with Crippen molar-refractivity contribution in [3.63, 3.8) is 0 Å². The van der Waals surface area contributed by atoms with Crippen LogP contribution in [-0.4, -0.2) is 37.5 Å². The van der Waals surface area contributed by atoms with Crippen LogP contribution in [0.3, 0.4) is 0 Å². The number of nitriles is 1. The number of rotatable bonds is 3. The van der Waals surface area contributed by atoms with Gasteiger partial charge in [0.1, 0.15) is 6.04 Å². The lowest BCUT2D eigenvalue weighted by Crippen LogP contribution is -2.50. The fourth-order valence-electron chi connectivity index (χ4n) is 1.72. The van der Waals surface area contributed by atoms with Gasteiger partial charge in [0.15, 0.2) is 0 Å². The van der Waals surface area contributed by atoms with Crippen LogP contribution in [-0.2, 0) is 14.9 Å². The summed E-state index contributed by atoms with van der Waals surface area (Å²) in [5.74, 6) is 0. The van der Waals surface area contributed by atoms with E-state index in [0.29, 0.717) is 12.8 Å². The van der Waals surface area contributed by atoms with Gasteiger partial charge >= 0.3 is 16.3 Å². The summed E-state index contributed by atoms with van der Waals surface area (Å²) in [6.45, 7) is 3.47. The van der Waals surface area contributed by atoms with Gasteiger partial charge in [-0.3, -0.25) is 0 Å². The summed E-state index contributed by atoms with van der Waals surface area (Å²) in [7, 11) is -4.00. The van der Waals surface area contributed by atoms with Crippen molar-refractivity contribution in [2.45, 2.75) is 45.3 Å². The Morgan fingerprint density at radius 1 is 1.50 bits per heavy atom. The molecule has 1 unspecified atom stereocenters. The predicted molar refractivity (Wildman–Crippen MR) is 63.6 cm³/mol. The third kappa shape index (κ3) is 3.85. The van der Waals surface area contributed by atoms with Crippen LogP contribution >= 0.6 is 0 Å². The molecule has 1 rings (SSSR count). The van der Waals surface area contributed by atoms with E-state index in [1.807, 2.05) is 10.8 Å². The first kappa shape index (κ1) is 14.7. The maximum atomic E-state index is 11.9. The highest BCUT2D eigenvalue weighted by atomic mass is 32.2. The average molecular weight is 275 g/mol. The third-order valence-corrected chi connectivity index (χ3v) is 3.95. The Labute approximate surface area is 107 Å². The molecule has 0 saturated carbocycles. The smallest absolute Gasteiger partial charge is 0.422 e. The molecule has 1 amide bonds. The summed E-state index contributed by atoms with van der Waals surface area (Å²) in [6, 6.07) is 1.21. The molecule has 1 aliphatic heterocycles. The number of hydrogen-bond donors (Lipinski definition) is 1. The van der Waals surface area contributed by atoms with Crippen molar-refractivity contribution in [3.8, 4) is 6.07 Å². The van der Waals surface area contributed by atoms with Gasteiger partial charge in [-0.2, -0.15) is 18.0 Å². The molecule has 0 aromatic heterocycles. The molecule has 1 aliphatic rings. The number of ether oxygens (including phenoxy) is 1. The molecule has 0 radical (unpaired) electrons. The van der Waals surface area contributed by atoms with Crippen LogP contribution in [0, 0.1) is 11.3 Å². The van der Waals surface area contributed by atoms with Gasteiger partial charge in [0.05, 0.1) is 12.2 Å². The zero-order valence-corrected chi connectivity index (χ0v) is 11.2. The number of hydrogen-bond acceptors (Lipinski definition) is 5. The van der Waals surface area contributed by atoms with Crippen LogP contribution in [0.4, 0.5) is 4.79 Å². The van der Waals surface area contributed by atoms with Crippen molar-refractivity contribution in [2.24, 2.45) is 0 Å². The lowest BCUT2D eigenvalue weighted by molar-refractivity contribution is 0.120. The first-order chi connectivity index (χ1) is 8.36. The van der Waals surface area contributed by atoms with Gasteiger partial charge in [0.25, 0.3) is 0 Å². The Morgan fingerprint density at radius 2 is 2.17 bits per heavy atom. The molecule has 1 atom stereocenters. The van der Waals surface area contributed by atoms with E-state index >= 15 is 0 Å². The van der Waals surface area contributed by atoms with E-state index in [1.165, 1.54) is 0 Å². The minimum absolute atomic E-state index is 0.239. The number of amides is 1. The molecule has 1 N–H and O–H groups in total. The standard InChI is InChI=1S/C10H17N3O4S/c1-8(2)17-10(14)12-18(15,16)13-6-4-3-5-9(13)7-11/h8-9H,3-6H2,1-2H3,(H,12,14). The minimum Gasteiger partial charge on any atom is -0.446 e. The van der Waals surface area contributed by atoms with Crippen LogP contribution < -0.4 is 4.72 Å². The van der Waals surface area contributed by atoms with E-state index in [-0.39, 0.29) is 6.54 Å². The lowest BCUT2D eigenvalue weighted by Gasteiger charge is -2.29. The molecule has 0 bridgehead atoms. The molecule has 1 fully saturated rings. The average Bonchev–Trinajstić information content (AvgIpc) is 2.27. The molecule has 1 saturated heterocycles. The molecule has 0 aliphatic carbocycles. The minimum atomic E-state index is -4.00. The summed E-state index contributed by atoms with van der Waals surface area (Å²) in [4.78, 5) is 11.3. The number of nitrogens with one attached hydrogen (secondary N) is 1. The first-order valence-electron chi connectivity index (χ1n) is 5.76. The van der Waals surface area contributed by atoms with E-state index in [2.05, 4.69) is 0 Å². The zero-order valence-electron chi connectivity index (χ0n) is 10.4. The summed E-state index contributed by atoms with van der Waals surface area (Å²) < 4.78 is 31.3. The summed E-state index contributed by atoms with van der Waals surface area (Å²) in [6.07, 6.45) is 0.538. The van der Waals surface area contributed by atoms with E-state index in [1.54, 1.807) is 13.8 Å². The Balaban J connectivity index is 2.73. The third-order valence-electron chi connectivity index (χ3n) is 2.47. The van der Waals surface area contributed by atoms with E-state index in [0.717, 1.165) is 10.7 Å². The van der Waals surface area contributed by atoms with Gasteiger partial charge in [0.2, 0.25) is 0 Å². The Bertz CT molecular complexity index is 441. The van der Waals surface area contributed by atoms with E-state index < -0.39 is 28.4 Å². The predicted octanol–water partition coefficient (Wildman–Crippen LogP) is 0.744. The van der Waals surface area contributed by atoms with Crippen LogP contribution in [0.5, 0.6) is 0 Å². The van der Waals surface area contributed by atoms with Crippen LogP contribution in [0.25, 0.3) is 0 Å². The summed E-state index contributed by atoms with van der Waals surface area (Å²) in [5, 5.41) is 8.90. The fourth-order valence-corrected chi connectivity index (χ4v) is 2.96. The van der Waals surface area contributed by atoms with Crippen LogP contribution in [0.2, 0.25) is 0 Å². The number of piperidine rings is 1. The summed E-state index contributed by atoms with van der Waals surface area (Å²) >= 11 is 0. The molecule has 0 aromatic carbocycles. The first-order valence-corrected chi connectivity index (χ1v) is 7.20. The van der Waals surface area contributed by atoms with Crippen molar-refractivity contribution in [3.05, 3.63) is 0 Å². The second-order valence-electron chi connectivity index (χ2n) is 4.31. The highest BCUT2D eigenvalue weighted by Crippen LogP contribution is 2.19. The highest BCUT2D eigenvalue weighted by molar-refractivity contribution is 7.87. The quantitative estimate of drug-likeness (QED) is 0.819. The molecule has 7 nitrogen and oxygen atoms in total. The van der Waals surface area contributed by atoms with Crippen LogP contribution in [0.15, 0.2) is 0 Å². The molecule has 0 spiro atoms. The molecule has 102 valence electrons. The van der Waals surface area contributed by atoms with Crippen molar-refractivity contribution >= 4 is 16.3 Å². The topological polar surface area (TPSA) is 99.5 Å². The highest BCUT2D eigenvalue weighted by Gasteiger charge is 2.33. The van der Waals surface area contributed by atoms with Gasteiger partial charge in [-0.15, -0.1) is 0 Å². The SMILES string of the molecule is CC(C)OC(=O)NS(=O)(=O)N1CCCCC1C#N. The molecular weight excluding hydrogens is 258 g/mol. The number of nitrogens with zero attached hydrogens (tertiary/aromatic N) is 2. The monoisotopic (exact) mass is 275 g/mol. The van der Waals surface area contributed by atoms with E-state index in [9.17, 15) is 13.2 Å². The van der Waals surface area contributed by atoms with Gasteiger partial charge in [0, 0.05) is 6.54 Å². The van der Waals surface area contributed by atoms with Crippen molar-refractivity contribution < 1.29 is 17.9 Å². The second kappa shape index (κ2) is 6.02. The van der Waals surface area contributed by atoms with Crippen molar-refractivity contribution in [1.82, 2.24) is 9.03 Å². The van der Waals surface area contributed by atoms with Crippen LogP contribution in [0.1, 0.15) is 33.1 Å². The van der Waals surface area contributed by atoms with Gasteiger partial charge < -0.3 is 4.74 Å². The molecule has 0 aromatic rings. The fraction of sp³-hybridized carbons (Fsp3) is 0.800. The Morgan fingerprint density at radius 3 is 2.72 bits per heavy atom. The molecule has 18 heavy (non-hydrogen) atoms. The van der Waals surface area contributed by atoms with Gasteiger partial charge in [-0.1, -0.05) is 0 Å². The lowest BCUT2D eigenvalue weighted by atomic mass is 10.1. The molecular formula is C10H17N3O4S. The van der Waals surface area contributed by atoms with Gasteiger partial charge in [-0.25, -0.2) is 9.52 Å². The Hall–Kier alpha value is -1.33. The van der Waals surface area contributed by atoms with Crippen molar-refractivity contribution in [1.29, 1.82) is 5.26 Å². The van der Waals surface area contributed by atoms with E-state index in [4.69, 9.17) is 10.00 Å². The zero-order chi connectivity index (χ0) is 13.8. The molecule has 1 heterocycles. The second-order valence-corrected chi connectivity index (χ2v) is 5.94.